The molecule has 0 saturated carbocycles. The summed E-state index contributed by atoms with van der Waals surface area (Å²) in [5.74, 6) is 0.935. The molecule has 1 fully saturated rings. The third-order valence-electron chi connectivity index (χ3n) is 3.30. The van der Waals surface area contributed by atoms with Gasteiger partial charge in [0.05, 0.1) is 12.6 Å². The maximum absolute atomic E-state index is 5.47. The number of rotatable bonds is 5. The van der Waals surface area contributed by atoms with Gasteiger partial charge in [0.2, 0.25) is 0 Å². The van der Waals surface area contributed by atoms with Crippen LogP contribution < -0.4 is 10.1 Å². The molecule has 1 heterocycles. The molecule has 1 aromatic carbocycles. The van der Waals surface area contributed by atoms with Crippen molar-refractivity contribution in [3.63, 3.8) is 0 Å². The zero-order chi connectivity index (χ0) is 12.8. The number of nitrogens with zero attached hydrogens (tertiary/aromatic N) is 1. The molecule has 2 rings (SSSR count). The molecule has 114 valence electrons. The Morgan fingerprint density at radius 2 is 1.85 bits per heavy atom. The first-order chi connectivity index (χ1) is 8.85. The third-order valence-corrected chi connectivity index (χ3v) is 3.30. The van der Waals surface area contributed by atoms with Gasteiger partial charge in [0, 0.05) is 26.2 Å². The van der Waals surface area contributed by atoms with Gasteiger partial charge in [-0.05, 0) is 24.6 Å². The van der Waals surface area contributed by atoms with E-state index in [1.807, 2.05) is 25.1 Å². The quantitative estimate of drug-likeness (QED) is 0.844. The number of ether oxygens (including phenoxy) is 1. The first-order valence-electron chi connectivity index (χ1n) is 6.65. The normalized spacial score (nSPS) is 16.4. The largest absolute Gasteiger partial charge is 0.494 e. The zero-order valence-electron chi connectivity index (χ0n) is 11.9. The predicted molar refractivity (Wildman–Crippen MR) is 89.5 cm³/mol. The number of nitrogens with one attached hydrogen (secondary N) is 1. The topological polar surface area (TPSA) is 24.5 Å². The average Bonchev–Trinajstić information content (AvgIpc) is 2.43. The monoisotopic (exact) mass is 318 g/mol. The first-order valence-corrected chi connectivity index (χ1v) is 6.65. The van der Waals surface area contributed by atoms with E-state index < -0.39 is 0 Å². The molecular formula is C15H24Cl2N2O. The number of hydrogen-bond acceptors (Lipinski definition) is 3. The van der Waals surface area contributed by atoms with Gasteiger partial charge < -0.3 is 10.1 Å². The summed E-state index contributed by atoms with van der Waals surface area (Å²) in [6.07, 6.45) is 2.03. The summed E-state index contributed by atoms with van der Waals surface area (Å²) < 4.78 is 5.47. The second-order valence-electron chi connectivity index (χ2n) is 4.47. The summed E-state index contributed by atoms with van der Waals surface area (Å²) in [6, 6.07) is 8.66. The van der Waals surface area contributed by atoms with E-state index in [2.05, 4.69) is 28.9 Å². The molecule has 0 aliphatic carbocycles. The molecule has 1 aromatic rings. The van der Waals surface area contributed by atoms with Gasteiger partial charge in [-0.2, -0.15) is 0 Å². The van der Waals surface area contributed by atoms with Crippen molar-refractivity contribution < 1.29 is 4.74 Å². The summed E-state index contributed by atoms with van der Waals surface area (Å²) in [5.41, 5.74) is 1.29. The third kappa shape index (κ3) is 4.98. The van der Waals surface area contributed by atoms with E-state index in [0.29, 0.717) is 12.6 Å². The molecule has 1 saturated heterocycles. The van der Waals surface area contributed by atoms with E-state index >= 15 is 0 Å². The fraction of sp³-hybridized carbons (Fsp3) is 0.467. The van der Waals surface area contributed by atoms with Gasteiger partial charge in [0.25, 0.3) is 0 Å². The second-order valence-corrected chi connectivity index (χ2v) is 4.47. The summed E-state index contributed by atoms with van der Waals surface area (Å²) in [6.45, 7) is 11.0. The van der Waals surface area contributed by atoms with Crippen molar-refractivity contribution in [2.45, 2.75) is 13.0 Å². The molecule has 0 aromatic heterocycles. The van der Waals surface area contributed by atoms with Crippen molar-refractivity contribution in [3.8, 4) is 5.75 Å². The lowest BCUT2D eigenvalue weighted by Gasteiger charge is -2.33. The number of hydrogen-bond donors (Lipinski definition) is 1. The van der Waals surface area contributed by atoms with Crippen LogP contribution in [0.1, 0.15) is 18.5 Å². The van der Waals surface area contributed by atoms with Crippen LogP contribution in [-0.4, -0.2) is 37.7 Å². The van der Waals surface area contributed by atoms with Gasteiger partial charge in [0.1, 0.15) is 5.75 Å². The van der Waals surface area contributed by atoms with Gasteiger partial charge in [-0.25, -0.2) is 0 Å². The van der Waals surface area contributed by atoms with Crippen LogP contribution >= 0.6 is 24.8 Å². The zero-order valence-corrected chi connectivity index (χ0v) is 13.5. The van der Waals surface area contributed by atoms with Crippen molar-refractivity contribution >= 4 is 24.8 Å². The molecule has 0 bridgehead atoms. The molecule has 1 atom stereocenters. The highest BCUT2D eigenvalue weighted by atomic mass is 35.5. The van der Waals surface area contributed by atoms with Crippen LogP contribution in [0.5, 0.6) is 5.75 Å². The minimum absolute atomic E-state index is 0. The molecule has 1 aliphatic heterocycles. The van der Waals surface area contributed by atoms with Crippen LogP contribution in [0.15, 0.2) is 36.9 Å². The van der Waals surface area contributed by atoms with Crippen molar-refractivity contribution in [2.24, 2.45) is 0 Å². The maximum Gasteiger partial charge on any atom is 0.119 e. The van der Waals surface area contributed by atoms with Gasteiger partial charge in [-0.15, -0.1) is 31.4 Å². The summed E-state index contributed by atoms with van der Waals surface area (Å²) in [7, 11) is 0. The lowest BCUT2D eigenvalue weighted by molar-refractivity contribution is 0.203. The van der Waals surface area contributed by atoms with Crippen LogP contribution in [0.25, 0.3) is 0 Å². The number of benzene rings is 1. The Morgan fingerprint density at radius 1 is 1.25 bits per heavy atom. The predicted octanol–water partition coefficient (Wildman–Crippen LogP) is 3.06. The Labute approximate surface area is 134 Å². The van der Waals surface area contributed by atoms with Crippen LogP contribution in [0.3, 0.4) is 0 Å². The minimum atomic E-state index is 0. The molecule has 1 N–H and O–H groups in total. The van der Waals surface area contributed by atoms with Crippen LogP contribution in [0.4, 0.5) is 0 Å². The molecule has 0 spiro atoms. The standard InChI is InChI=1S/C15H22N2O.2ClH/c1-3-15(17-11-9-16-10-12-17)13-5-7-14(8-6-13)18-4-2;;/h3,5-8,15-16H,1,4,9-12H2,2H3;2*1H/t15-;;/m0../s1. The van der Waals surface area contributed by atoms with Crippen LogP contribution in [-0.2, 0) is 0 Å². The SMILES string of the molecule is C=C[C@@H](c1ccc(OCC)cc1)N1CCNCC1.Cl.Cl. The van der Waals surface area contributed by atoms with Crippen molar-refractivity contribution in [3.05, 3.63) is 42.5 Å². The van der Waals surface area contributed by atoms with Crippen LogP contribution in [0.2, 0.25) is 0 Å². The Hall–Kier alpha value is -0.740. The summed E-state index contributed by atoms with van der Waals surface area (Å²) >= 11 is 0. The van der Waals surface area contributed by atoms with E-state index in [0.717, 1.165) is 31.9 Å². The van der Waals surface area contributed by atoms with Crippen molar-refractivity contribution in [1.82, 2.24) is 10.2 Å². The number of halogens is 2. The van der Waals surface area contributed by atoms with Gasteiger partial charge in [0.15, 0.2) is 0 Å². The lowest BCUT2D eigenvalue weighted by atomic mass is 10.0. The molecule has 3 nitrogen and oxygen atoms in total. The molecule has 5 heteroatoms. The van der Waals surface area contributed by atoms with Gasteiger partial charge in [-0.1, -0.05) is 18.2 Å². The van der Waals surface area contributed by atoms with Crippen molar-refractivity contribution in [1.29, 1.82) is 0 Å². The average molecular weight is 319 g/mol. The Bertz CT molecular complexity index is 378. The number of piperazine rings is 1. The Kier molecular flexibility index (Phi) is 9.68. The Balaban J connectivity index is 0.00000180. The summed E-state index contributed by atoms with van der Waals surface area (Å²) in [5, 5.41) is 3.38. The highest BCUT2D eigenvalue weighted by Gasteiger charge is 2.19. The molecule has 0 unspecified atom stereocenters. The smallest absolute Gasteiger partial charge is 0.119 e. The first kappa shape index (κ1) is 19.3. The van der Waals surface area contributed by atoms with E-state index in [9.17, 15) is 0 Å². The molecule has 0 radical (unpaired) electrons. The van der Waals surface area contributed by atoms with E-state index in [-0.39, 0.29) is 24.8 Å². The van der Waals surface area contributed by atoms with Gasteiger partial charge >= 0.3 is 0 Å². The Morgan fingerprint density at radius 3 is 2.35 bits per heavy atom. The molecule has 0 amide bonds. The lowest BCUT2D eigenvalue weighted by Crippen LogP contribution is -2.44. The van der Waals surface area contributed by atoms with Gasteiger partial charge in [-0.3, -0.25) is 4.90 Å². The van der Waals surface area contributed by atoms with Crippen LogP contribution in [0, 0.1) is 0 Å². The fourth-order valence-electron chi connectivity index (χ4n) is 2.38. The van der Waals surface area contributed by atoms with Crippen molar-refractivity contribution in [2.75, 3.05) is 32.8 Å². The minimum Gasteiger partial charge on any atom is -0.494 e. The fourth-order valence-corrected chi connectivity index (χ4v) is 2.38. The summed E-state index contributed by atoms with van der Waals surface area (Å²) in [4.78, 5) is 2.46. The van der Waals surface area contributed by atoms with E-state index in [1.54, 1.807) is 0 Å². The maximum atomic E-state index is 5.47. The molecule has 20 heavy (non-hydrogen) atoms. The van der Waals surface area contributed by atoms with E-state index in [4.69, 9.17) is 4.74 Å². The molecule has 1 aliphatic rings. The van der Waals surface area contributed by atoms with E-state index in [1.165, 1.54) is 5.56 Å². The highest BCUT2D eigenvalue weighted by molar-refractivity contribution is 5.85. The second kappa shape index (κ2) is 10.1. The highest BCUT2D eigenvalue weighted by Crippen LogP contribution is 2.24. The molecular weight excluding hydrogens is 295 g/mol.